The zero-order chi connectivity index (χ0) is 14.0. The van der Waals surface area contributed by atoms with E-state index in [9.17, 15) is 18.0 Å². The summed E-state index contributed by atoms with van der Waals surface area (Å²) in [5.74, 6) is 0. The van der Waals surface area contributed by atoms with Gasteiger partial charge < -0.3 is 4.90 Å². The number of rotatable bonds is 2. The van der Waals surface area contributed by atoms with Crippen LogP contribution in [0.3, 0.4) is 0 Å². The van der Waals surface area contributed by atoms with Crippen molar-refractivity contribution in [3.05, 3.63) is 41.0 Å². The summed E-state index contributed by atoms with van der Waals surface area (Å²) in [6.07, 6.45) is -1.36. The Morgan fingerprint density at radius 2 is 2.05 bits per heavy atom. The molecular formula is C14H14F3NO. The number of halogens is 3. The van der Waals surface area contributed by atoms with Gasteiger partial charge in [0.1, 0.15) is 0 Å². The van der Waals surface area contributed by atoms with E-state index < -0.39 is 11.7 Å². The Morgan fingerprint density at radius 3 is 2.63 bits per heavy atom. The lowest BCUT2D eigenvalue weighted by Crippen LogP contribution is -2.29. The van der Waals surface area contributed by atoms with Gasteiger partial charge in [-0.05, 0) is 31.5 Å². The molecule has 0 N–H and O–H groups in total. The quantitative estimate of drug-likeness (QED) is 0.603. The van der Waals surface area contributed by atoms with Crippen LogP contribution in [0.25, 0.3) is 0 Å². The van der Waals surface area contributed by atoms with Crippen LogP contribution in [0, 0.1) is 0 Å². The summed E-state index contributed by atoms with van der Waals surface area (Å²) >= 11 is 0. The minimum atomic E-state index is -4.51. The van der Waals surface area contributed by atoms with Gasteiger partial charge in [-0.3, -0.25) is 4.79 Å². The second-order valence-corrected chi connectivity index (χ2v) is 4.65. The van der Waals surface area contributed by atoms with Crippen LogP contribution in [0.5, 0.6) is 0 Å². The predicted molar refractivity (Wildman–Crippen MR) is 67.4 cm³/mol. The number of anilines is 1. The second kappa shape index (κ2) is 5.07. The number of benzene rings is 1. The lowest BCUT2D eigenvalue weighted by Gasteiger charge is -2.29. The Kier molecular flexibility index (Phi) is 3.64. The molecule has 0 saturated carbocycles. The topological polar surface area (TPSA) is 20.3 Å². The molecule has 1 aromatic carbocycles. The first-order chi connectivity index (χ1) is 8.91. The van der Waals surface area contributed by atoms with Crippen molar-refractivity contribution in [3.63, 3.8) is 0 Å². The van der Waals surface area contributed by atoms with Crippen LogP contribution in [0.1, 0.15) is 29.3 Å². The van der Waals surface area contributed by atoms with Gasteiger partial charge in [0.05, 0.1) is 5.56 Å². The van der Waals surface area contributed by atoms with Crippen molar-refractivity contribution in [2.75, 3.05) is 18.0 Å². The van der Waals surface area contributed by atoms with Crippen molar-refractivity contribution in [2.45, 2.75) is 19.5 Å². The van der Waals surface area contributed by atoms with Crippen LogP contribution in [-0.4, -0.2) is 19.4 Å². The highest BCUT2D eigenvalue weighted by atomic mass is 19.4. The summed E-state index contributed by atoms with van der Waals surface area (Å²) in [5.41, 5.74) is 0.456. The fourth-order valence-corrected chi connectivity index (χ4v) is 2.22. The van der Waals surface area contributed by atoms with E-state index in [2.05, 4.69) is 6.08 Å². The largest absolute Gasteiger partial charge is 0.417 e. The molecule has 0 spiro atoms. The number of hydrogen-bond acceptors (Lipinski definition) is 2. The molecule has 0 unspecified atom stereocenters. The molecule has 0 saturated heterocycles. The van der Waals surface area contributed by atoms with Gasteiger partial charge in [0.25, 0.3) is 0 Å². The number of carbonyl (C=O) groups is 1. The summed E-state index contributed by atoms with van der Waals surface area (Å²) in [7, 11) is 0. The highest BCUT2D eigenvalue weighted by Gasteiger charge is 2.34. The van der Waals surface area contributed by atoms with Gasteiger partial charge in [-0.1, -0.05) is 11.6 Å². The minimum Gasteiger partial charge on any atom is -0.367 e. The van der Waals surface area contributed by atoms with Crippen molar-refractivity contribution >= 4 is 12.0 Å². The van der Waals surface area contributed by atoms with Gasteiger partial charge in [0, 0.05) is 24.3 Å². The molecular weight excluding hydrogens is 255 g/mol. The van der Waals surface area contributed by atoms with Crippen molar-refractivity contribution in [3.8, 4) is 0 Å². The molecule has 0 fully saturated rings. The maximum Gasteiger partial charge on any atom is 0.417 e. The standard InChI is InChI=1S/C14H14F3NO/c1-10-3-2-6-18(8-10)12-5-4-11(9-19)13(7-12)14(15,16)17/h3-5,7,9H,2,6,8H2,1H3. The van der Waals surface area contributed by atoms with Crippen LogP contribution < -0.4 is 4.90 Å². The lowest BCUT2D eigenvalue weighted by molar-refractivity contribution is -0.137. The summed E-state index contributed by atoms with van der Waals surface area (Å²) in [6.45, 7) is 3.27. The Balaban J connectivity index is 2.38. The molecule has 0 bridgehead atoms. The van der Waals surface area contributed by atoms with E-state index in [0.717, 1.165) is 18.1 Å². The first-order valence-electron chi connectivity index (χ1n) is 5.99. The van der Waals surface area contributed by atoms with Gasteiger partial charge in [-0.15, -0.1) is 0 Å². The molecule has 1 aliphatic rings. The Labute approximate surface area is 109 Å². The number of hydrogen-bond donors (Lipinski definition) is 0. The van der Waals surface area contributed by atoms with Crippen LogP contribution >= 0.6 is 0 Å². The van der Waals surface area contributed by atoms with Crippen LogP contribution in [0.2, 0.25) is 0 Å². The highest BCUT2D eigenvalue weighted by Crippen LogP contribution is 2.34. The summed E-state index contributed by atoms with van der Waals surface area (Å²) < 4.78 is 38.6. The van der Waals surface area contributed by atoms with Gasteiger partial charge in [0.2, 0.25) is 0 Å². The molecule has 0 amide bonds. The molecule has 0 aromatic heterocycles. The van der Waals surface area contributed by atoms with Gasteiger partial charge in [-0.25, -0.2) is 0 Å². The molecule has 0 atom stereocenters. The van der Waals surface area contributed by atoms with E-state index in [1.165, 1.54) is 6.07 Å². The number of alkyl halides is 3. The summed E-state index contributed by atoms with van der Waals surface area (Å²) in [5, 5.41) is 0. The van der Waals surface area contributed by atoms with Gasteiger partial charge in [0.15, 0.2) is 6.29 Å². The Hall–Kier alpha value is -1.78. The van der Waals surface area contributed by atoms with E-state index >= 15 is 0 Å². The first kappa shape index (κ1) is 13.6. The molecule has 1 aliphatic heterocycles. The molecule has 1 heterocycles. The third kappa shape index (κ3) is 2.97. The molecule has 2 nitrogen and oxygen atoms in total. The monoisotopic (exact) mass is 269 g/mol. The van der Waals surface area contributed by atoms with Gasteiger partial charge >= 0.3 is 6.18 Å². The fourth-order valence-electron chi connectivity index (χ4n) is 2.22. The Morgan fingerprint density at radius 1 is 1.32 bits per heavy atom. The van der Waals surface area contributed by atoms with Crippen molar-refractivity contribution < 1.29 is 18.0 Å². The van der Waals surface area contributed by atoms with E-state index in [-0.39, 0.29) is 11.8 Å². The molecule has 102 valence electrons. The molecule has 2 rings (SSSR count). The number of carbonyl (C=O) groups excluding carboxylic acids is 1. The average molecular weight is 269 g/mol. The molecule has 1 aromatic rings. The maximum atomic E-state index is 12.9. The highest BCUT2D eigenvalue weighted by molar-refractivity contribution is 5.79. The Bertz CT molecular complexity index is 520. The lowest BCUT2D eigenvalue weighted by atomic mass is 10.0. The summed E-state index contributed by atoms with van der Waals surface area (Å²) in [4.78, 5) is 12.6. The molecule has 19 heavy (non-hydrogen) atoms. The SMILES string of the molecule is CC1=CCCN(c2ccc(C=O)c(C(F)(F)F)c2)C1. The zero-order valence-electron chi connectivity index (χ0n) is 10.5. The average Bonchev–Trinajstić information content (AvgIpc) is 2.37. The second-order valence-electron chi connectivity index (χ2n) is 4.65. The predicted octanol–water partition coefficient (Wildman–Crippen LogP) is 3.67. The minimum absolute atomic E-state index is 0.244. The van der Waals surface area contributed by atoms with Crippen molar-refractivity contribution in [2.24, 2.45) is 0 Å². The number of nitrogens with zero attached hydrogens (tertiary/aromatic N) is 1. The van der Waals surface area contributed by atoms with E-state index in [1.54, 1.807) is 6.07 Å². The first-order valence-corrected chi connectivity index (χ1v) is 5.99. The van der Waals surface area contributed by atoms with E-state index in [0.29, 0.717) is 18.8 Å². The molecule has 0 aliphatic carbocycles. The third-order valence-electron chi connectivity index (χ3n) is 3.17. The summed E-state index contributed by atoms with van der Waals surface area (Å²) in [6, 6.07) is 3.86. The zero-order valence-corrected chi connectivity index (χ0v) is 10.5. The smallest absolute Gasteiger partial charge is 0.367 e. The van der Waals surface area contributed by atoms with Crippen LogP contribution in [0.4, 0.5) is 18.9 Å². The van der Waals surface area contributed by atoms with Crippen molar-refractivity contribution in [1.29, 1.82) is 0 Å². The number of aldehydes is 1. The molecule has 0 radical (unpaired) electrons. The van der Waals surface area contributed by atoms with Gasteiger partial charge in [-0.2, -0.15) is 13.2 Å². The normalized spacial score (nSPS) is 16.2. The van der Waals surface area contributed by atoms with Crippen LogP contribution in [-0.2, 0) is 6.18 Å². The van der Waals surface area contributed by atoms with E-state index in [4.69, 9.17) is 0 Å². The van der Waals surface area contributed by atoms with Crippen molar-refractivity contribution in [1.82, 2.24) is 0 Å². The molecule has 5 heteroatoms. The fraction of sp³-hybridized carbons (Fsp3) is 0.357. The maximum absolute atomic E-state index is 12.9. The van der Waals surface area contributed by atoms with Crippen LogP contribution in [0.15, 0.2) is 29.8 Å². The third-order valence-corrected chi connectivity index (χ3v) is 3.17. The van der Waals surface area contributed by atoms with E-state index in [1.807, 2.05) is 11.8 Å².